The van der Waals surface area contributed by atoms with E-state index in [0.29, 0.717) is 12.4 Å². The summed E-state index contributed by atoms with van der Waals surface area (Å²) in [6.07, 6.45) is 5.70. The predicted octanol–water partition coefficient (Wildman–Crippen LogP) is 2.83. The number of nitrogens with one attached hydrogen (secondary N) is 1. The van der Waals surface area contributed by atoms with Crippen LogP contribution < -0.4 is 5.32 Å². The third kappa shape index (κ3) is 4.50. The van der Waals surface area contributed by atoms with Crippen molar-refractivity contribution in [1.82, 2.24) is 20.1 Å². The first-order chi connectivity index (χ1) is 13.3. The van der Waals surface area contributed by atoms with Crippen molar-refractivity contribution in [3.05, 3.63) is 42.3 Å². The number of nitrogens with zero attached hydrogens (tertiary/aromatic N) is 4. The van der Waals surface area contributed by atoms with Crippen LogP contribution in [0.3, 0.4) is 0 Å². The van der Waals surface area contributed by atoms with E-state index in [1.807, 2.05) is 37.4 Å². The van der Waals surface area contributed by atoms with Crippen LogP contribution in [0.5, 0.6) is 0 Å². The predicted molar refractivity (Wildman–Crippen MR) is 107 cm³/mol. The highest BCUT2D eigenvalue weighted by Crippen LogP contribution is 2.20. The van der Waals surface area contributed by atoms with Crippen LogP contribution in [0.2, 0.25) is 0 Å². The quantitative estimate of drug-likeness (QED) is 0.650. The van der Waals surface area contributed by atoms with Gasteiger partial charge in [-0.15, -0.1) is 0 Å². The van der Waals surface area contributed by atoms with Crippen molar-refractivity contribution in [1.29, 1.82) is 0 Å². The van der Waals surface area contributed by atoms with Crippen LogP contribution in [0, 0.1) is 5.92 Å². The van der Waals surface area contributed by atoms with E-state index in [9.17, 15) is 0 Å². The zero-order chi connectivity index (χ0) is 18.5. The molecule has 1 aromatic carbocycles. The molecule has 27 heavy (non-hydrogen) atoms. The number of hydrogen-bond donors (Lipinski definition) is 1. The van der Waals surface area contributed by atoms with Crippen LogP contribution in [-0.2, 0) is 6.54 Å². The molecule has 0 radical (unpaired) electrons. The number of likely N-dealkylation sites (tertiary alicyclic amines) is 2. The fourth-order valence-corrected chi connectivity index (χ4v) is 4.11. The lowest BCUT2D eigenvalue weighted by Gasteiger charge is -2.23. The first-order valence-electron chi connectivity index (χ1n) is 9.99. The van der Waals surface area contributed by atoms with E-state index in [1.165, 1.54) is 38.9 Å². The molecule has 0 amide bonds. The highest BCUT2D eigenvalue weighted by Gasteiger charge is 2.27. The maximum absolute atomic E-state index is 5.62. The van der Waals surface area contributed by atoms with Crippen LogP contribution in [0.4, 0.5) is 0 Å². The molecule has 4 rings (SSSR count). The van der Waals surface area contributed by atoms with E-state index in [4.69, 9.17) is 4.42 Å². The number of aromatic nitrogens is 1. The molecule has 2 aliphatic rings. The van der Waals surface area contributed by atoms with Gasteiger partial charge in [-0.05, 0) is 50.4 Å². The minimum atomic E-state index is 0.621. The zero-order valence-corrected chi connectivity index (χ0v) is 16.1. The van der Waals surface area contributed by atoms with Crippen LogP contribution in [0.25, 0.3) is 11.5 Å². The summed E-state index contributed by atoms with van der Waals surface area (Å²) in [5.74, 6) is 2.37. The van der Waals surface area contributed by atoms with Gasteiger partial charge in [-0.1, -0.05) is 18.2 Å². The van der Waals surface area contributed by atoms with E-state index >= 15 is 0 Å². The minimum absolute atomic E-state index is 0.621. The van der Waals surface area contributed by atoms with Crippen molar-refractivity contribution in [3.8, 4) is 11.5 Å². The van der Waals surface area contributed by atoms with Crippen molar-refractivity contribution < 1.29 is 4.42 Å². The Bertz CT molecular complexity index is 751. The lowest BCUT2D eigenvalue weighted by molar-refractivity contribution is 0.281. The second kappa shape index (κ2) is 8.57. The maximum Gasteiger partial charge on any atom is 0.226 e. The number of hydrogen-bond acceptors (Lipinski definition) is 4. The first-order valence-corrected chi connectivity index (χ1v) is 9.99. The Morgan fingerprint density at radius 2 is 2.04 bits per heavy atom. The van der Waals surface area contributed by atoms with Gasteiger partial charge in [0, 0.05) is 32.2 Å². The molecule has 2 aromatic rings. The summed E-state index contributed by atoms with van der Waals surface area (Å²) in [5, 5.41) is 3.45. The topological polar surface area (TPSA) is 56.9 Å². The fourth-order valence-electron chi connectivity index (χ4n) is 4.11. The molecule has 1 N–H and O–H groups in total. The molecule has 0 aliphatic carbocycles. The van der Waals surface area contributed by atoms with E-state index < -0.39 is 0 Å². The van der Waals surface area contributed by atoms with E-state index in [2.05, 4.69) is 25.1 Å². The number of rotatable bonds is 5. The average molecular weight is 367 g/mol. The fraction of sp³-hybridized carbons (Fsp3) is 0.524. The number of guanidine groups is 1. The van der Waals surface area contributed by atoms with Gasteiger partial charge in [0.2, 0.25) is 5.89 Å². The molecular weight excluding hydrogens is 338 g/mol. The summed E-state index contributed by atoms with van der Waals surface area (Å²) in [5.41, 5.74) is 1.89. The Balaban J connectivity index is 1.29. The summed E-state index contributed by atoms with van der Waals surface area (Å²) >= 11 is 0. The normalized spacial score (nSPS) is 21.1. The van der Waals surface area contributed by atoms with Crippen LogP contribution in [0.15, 0.2) is 46.0 Å². The molecular formula is C21H29N5O. The number of aliphatic imine (C=N–C) groups is 1. The Kier molecular flexibility index (Phi) is 5.72. The molecule has 6 heteroatoms. The molecule has 3 heterocycles. The molecule has 0 bridgehead atoms. The molecule has 1 atom stereocenters. The second-order valence-electron chi connectivity index (χ2n) is 7.52. The van der Waals surface area contributed by atoms with Gasteiger partial charge in [0.15, 0.2) is 5.96 Å². The first kappa shape index (κ1) is 18.0. The Labute approximate surface area is 161 Å². The van der Waals surface area contributed by atoms with Gasteiger partial charge in [0.1, 0.15) is 6.26 Å². The Morgan fingerprint density at radius 3 is 2.81 bits per heavy atom. The minimum Gasteiger partial charge on any atom is -0.444 e. The lowest BCUT2D eigenvalue weighted by atomic mass is 10.1. The summed E-state index contributed by atoms with van der Waals surface area (Å²) < 4.78 is 5.62. The highest BCUT2D eigenvalue weighted by atomic mass is 16.3. The molecule has 2 fully saturated rings. The van der Waals surface area contributed by atoms with Gasteiger partial charge in [-0.25, -0.2) is 4.98 Å². The van der Waals surface area contributed by atoms with Crippen molar-refractivity contribution in [2.24, 2.45) is 10.9 Å². The van der Waals surface area contributed by atoms with Crippen molar-refractivity contribution in [3.63, 3.8) is 0 Å². The maximum atomic E-state index is 5.62. The van der Waals surface area contributed by atoms with Gasteiger partial charge in [0.05, 0.1) is 12.2 Å². The summed E-state index contributed by atoms with van der Waals surface area (Å²) in [4.78, 5) is 14.1. The van der Waals surface area contributed by atoms with Crippen LogP contribution in [0.1, 0.15) is 25.0 Å². The molecule has 1 unspecified atom stereocenters. The van der Waals surface area contributed by atoms with E-state index in [0.717, 1.165) is 36.2 Å². The van der Waals surface area contributed by atoms with Gasteiger partial charge in [0.25, 0.3) is 0 Å². The third-order valence-electron chi connectivity index (χ3n) is 5.51. The molecule has 2 saturated heterocycles. The molecule has 0 saturated carbocycles. The van der Waals surface area contributed by atoms with Crippen molar-refractivity contribution >= 4 is 5.96 Å². The molecule has 144 valence electrons. The van der Waals surface area contributed by atoms with Crippen LogP contribution >= 0.6 is 0 Å². The Morgan fingerprint density at radius 1 is 1.22 bits per heavy atom. The SMILES string of the molecule is CN=C(NCc1coc(-c2ccccc2)n1)N1CCC(CN2CCCC2)C1. The molecule has 2 aliphatic heterocycles. The van der Waals surface area contributed by atoms with Gasteiger partial charge < -0.3 is 19.5 Å². The lowest BCUT2D eigenvalue weighted by Crippen LogP contribution is -2.40. The standard InChI is InChI=1S/C21H29N5O/c1-22-21(26-12-9-17(15-26)14-25-10-5-6-11-25)23-13-19-16-27-20(24-19)18-7-3-2-4-8-18/h2-4,7-8,16-17H,5-6,9-15H2,1H3,(H,22,23). The van der Waals surface area contributed by atoms with E-state index in [-0.39, 0.29) is 0 Å². The summed E-state index contributed by atoms with van der Waals surface area (Å²) in [6.45, 7) is 6.57. The van der Waals surface area contributed by atoms with Gasteiger partial charge in [-0.2, -0.15) is 0 Å². The van der Waals surface area contributed by atoms with Crippen LogP contribution in [-0.4, -0.2) is 60.5 Å². The number of oxazole rings is 1. The highest BCUT2D eigenvalue weighted by molar-refractivity contribution is 5.80. The third-order valence-corrected chi connectivity index (χ3v) is 5.51. The molecule has 6 nitrogen and oxygen atoms in total. The largest absolute Gasteiger partial charge is 0.444 e. The number of benzene rings is 1. The monoisotopic (exact) mass is 367 g/mol. The summed E-state index contributed by atoms with van der Waals surface area (Å²) in [7, 11) is 1.86. The van der Waals surface area contributed by atoms with Crippen molar-refractivity contribution in [2.75, 3.05) is 39.8 Å². The smallest absolute Gasteiger partial charge is 0.226 e. The van der Waals surface area contributed by atoms with Gasteiger partial charge in [-0.3, -0.25) is 4.99 Å². The Hall–Kier alpha value is -2.34. The van der Waals surface area contributed by atoms with Gasteiger partial charge >= 0.3 is 0 Å². The molecule has 0 spiro atoms. The average Bonchev–Trinajstić information content (AvgIpc) is 3.46. The summed E-state index contributed by atoms with van der Waals surface area (Å²) in [6, 6.07) is 9.99. The van der Waals surface area contributed by atoms with E-state index in [1.54, 1.807) is 6.26 Å². The molecule has 1 aromatic heterocycles. The zero-order valence-electron chi connectivity index (χ0n) is 16.1. The second-order valence-corrected chi connectivity index (χ2v) is 7.52. The van der Waals surface area contributed by atoms with Crippen molar-refractivity contribution in [2.45, 2.75) is 25.8 Å².